The first-order valence-electron chi connectivity index (χ1n) is 6.29. The molecule has 2 aliphatic rings. The zero-order chi connectivity index (χ0) is 12.4. The van der Waals surface area contributed by atoms with Crippen molar-refractivity contribution in [2.24, 2.45) is 11.8 Å². The van der Waals surface area contributed by atoms with Gasteiger partial charge in [0.05, 0.1) is 0 Å². The third kappa shape index (κ3) is 2.68. The Morgan fingerprint density at radius 1 is 0.882 bits per heavy atom. The highest BCUT2D eigenvalue weighted by Gasteiger charge is 2.28. The smallest absolute Gasteiger partial charge is 0.133 e. The van der Waals surface area contributed by atoms with Gasteiger partial charge in [-0.15, -0.1) is 0 Å². The second-order valence-electron chi connectivity index (χ2n) is 5.16. The fraction of sp³-hybridized carbons (Fsp3) is 0.692. The molecule has 4 N–H and O–H groups in total. The van der Waals surface area contributed by atoms with E-state index >= 15 is 0 Å². The Labute approximate surface area is 101 Å². The molecule has 0 saturated heterocycles. The minimum Gasteiger partial charge on any atom is -0.509 e. The van der Waals surface area contributed by atoms with Crippen molar-refractivity contribution in [1.82, 2.24) is 0 Å². The van der Waals surface area contributed by atoms with Crippen LogP contribution in [0.1, 0.15) is 44.9 Å². The maximum absolute atomic E-state index is 9.79. The summed E-state index contributed by atoms with van der Waals surface area (Å²) in [4.78, 5) is 0. The average Bonchev–Trinajstić information content (AvgIpc) is 2.30. The lowest BCUT2D eigenvalue weighted by molar-refractivity contribution is 0.185. The highest BCUT2D eigenvalue weighted by Crippen LogP contribution is 2.37. The molecule has 0 aromatic carbocycles. The molecular weight excluding hydrogens is 220 g/mol. The third-order valence-electron chi connectivity index (χ3n) is 3.87. The van der Waals surface area contributed by atoms with E-state index in [1.165, 1.54) is 0 Å². The van der Waals surface area contributed by atoms with Crippen LogP contribution in [-0.2, 0) is 0 Å². The quantitative estimate of drug-likeness (QED) is 0.594. The van der Waals surface area contributed by atoms with Crippen molar-refractivity contribution >= 4 is 0 Å². The SMILES string of the molecule is OC1=C(O)CC(CC2CCCC(O)=C2O)CC1. The van der Waals surface area contributed by atoms with E-state index in [1.807, 2.05) is 0 Å². The molecule has 0 aromatic heterocycles. The first-order valence-corrected chi connectivity index (χ1v) is 6.29. The van der Waals surface area contributed by atoms with Crippen molar-refractivity contribution in [3.8, 4) is 0 Å². The Bertz CT molecular complexity index is 356. The molecule has 4 heteroatoms. The highest BCUT2D eigenvalue weighted by atomic mass is 16.3. The summed E-state index contributed by atoms with van der Waals surface area (Å²) in [5.41, 5.74) is 0. The number of hydrogen-bond acceptors (Lipinski definition) is 4. The van der Waals surface area contributed by atoms with Gasteiger partial charge >= 0.3 is 0 Å². The minimum absolute atomic E-state index is 0.0155. The molecule has 2 rings (SSSR count). The first kappa shape index (κ1) is 12.1. The Balaban J connectivity index is 1.96. The molecule has 17 heavy (non-hydrogen) atoms. The molecule has 2 atom stereocenters. The zero-order valence-corrected chi connectivity index (χ0v) is 9.89. The summed E-state index contributed by atoms with van der Waals surface area (Å²) >= 11 is 0. The van der Waals surface area contributed by atoms with E-state index in [2.05, 4.69) is 0 Å². The monoisotopic (exact) mass is 240 g/mol. The van der Waals surface area contributed by atoms with Crippen LogP contribution in [-0.4, -0.2) is 20.4 Å². The number of aliphatic hydroxyl groups excluding tert-OH is 4. The third-order valence-corrected chi connectivity index (χ3v) is 3.87. The number of allylic oxidation sites excluding steroid dienone is 4. The second-order valence-corrected chi connectivity index (χ2v) is 5.16. The maximum Gasteiger partial charge on any atom is 0.133 e. The summed E-state index contributed by atoms with van der Waals surface area (Å²) in [6.07, 6.45) is 4.96. The lowest BCUT2D eigenvalue weighted by Crippen LogP contribution is -2.19. The van der Waals surface area contributed by atoms with Crippen LogP contribution in [0.2, 0.25) is 0 Å². The van der Waals surface area contributed by atoms with E-state index in [1.54, 1.807) is 0 Å². The first-order chi connectivity index (χ1) is 8.08. The van der Waals surface area contributed by atoms with E-state index < -0.39 is 0 Å². The molecule has 0 aliphatic heterocycles. The summed E-state index contributed by atoms with van der Waals surface area (Å²) < 4.78 is 0. The van der Waals surface area contributed by atoms with Gasteiger partial charge in [0.15, 0.2) is 0 Å². The number of rotatable bonds is 2. The van der Waals surface area contributed by atoms with Crippen molar-refractivity contribution in [3.63, 3.8) is 0 Å². The lowest BCUT2D eigenvalue weighted by atomic mass is 9.80. The Kier molecular flexibility index (Phi) is 3.50. The van der Waals surface area contributed by atoms with Gasteiger partial charge in [-0.1, -0.05) is 0 Å². The molecule has 2 aliphatic carbocycles. The van der Waals surface area contributed by atoms with Crippen molar-refractivity contribution in [3.05, 3.63) is 23.0 Å². The summed E-state index contributed by atoms with van der Waals surface area (Å²) in [6, 6.07) is 0. The van der Waals surface area contributed by atoms with Gasteiger partial charge in [0.2, 0.25) is 0 Å². The molecule has 0 spiro atoms. The molecule has 0 fully saturated rings. The van der Waals surface area contributed by atoms with E-state index in [0.29, 0.717) is 19.3 Å². The molecular formula is C13H20O4. The van der Waals surface area contributed by atoms with Crippen molar-refractivity contribution in [2.75, 3.05) is 0 Å². The topological polar surface area (TPSA) is 80.9 Å². The van der Waals surface area contributed by atoms with Crippen molar-refractivity contribution in [2.45, 2.75) is 44.9 Å². The Hall–Kier alpha value is -1.32. The van der Waals surface area contributed by atoms with E-state index in [0.717, 1.165) is 25.7 Å². The van der Waals surface area contributed by atoms with Gasteiger partial charge in [0.1, 0.15) is 23.0 Å². The van der Waals surface area contributed by atoms with Crippen LogP contribution in [0.5, 0.6) is 0 Å². The van der Waals surface area contributed by atoms with Crippen LogP contribution in [0.15, 0.2) is 23.0 Å². The summed E-state index contributed by atoms with van der Waals surface area (Å²) in [5, 5.41) is 38.1. The molecule has 0 bridgehead atoms. The van der Waals surface area contributed by atoms with Gasteiger partial charge in [-0.05, 0) is 31.6 Å². The van der Waals surface area contributed by atoms with Gasteiger partial charge in [-0.3, -0.25) is 0 Å². The van der Waals surface area contributed by atoms with Crippen molar-refractivity contribution in [1.29, 1.82) is 0 Å². The minimum atomic E-state index is 0.0155. The second kappa shape index (κ2) is 4.90. The molecule has 0 heterocycles. The van der Waals surface area contributed by atoms with Gasteiger partial charge < -0.3 is 20.4 Å². The summed E-state index contributed by atoms with van der Waals surface area (Å²) in [7, 11) is 0. The lowest BCUT2D eigenvalue weighted by Gasteiger charge is -2.28. The maximum atomic E-state index is 9.79. The normalized spacial score (nSPS) is 30.8. The molecule has 96 valence electrons. The van der Waals surface area contributed by atoms with Crippen molar-refractivity contribution < 1.29 is 20.4 Å². The Morgan fingerprint density at radius 2 is 1.65 bits per heavy atom. The Morgan fingerprint density at radius 3 is 2.35 bits per heavy atom. The summed E-state index contributed by atoms with van der Waals surface area (Å²) in [5.74, 6) is 0.747. The van der Waals surface area contributed by atoms with Crippen LogP contribution in [0.4, 0.5) is 0 Å². The van der Waals surface area contributed by atoms with Gasteiger partial charge in [0, 0.05) is 25.2 Å². The predicted octanol–water partition coefficient (Wildman–Crippen LogP) is 3.63. The van der Waals surface area contributed by atoms with Gasteiger partial charge in [-0.25, -0.2) is 0 Å². The van der Waals surface area contributed by atoms with E-state index in [-0.39, 0.29) is 34.9 Å². The molecule has 0 amide bonds. The molecule has 0 saturated carbocycles. The highest BCUT2D eigenvalue weighted by molar-refractivity contribution is 5.09. The fourth-order valence-electron chi connectivity index (χ4n) is 2.83. The standard InChI is InChI=1S/C13H20O4/c14-10-5-4-8(7-12(10)16)6-9-2-1-3-11(15)13(9)17/h8-9,14-17H,1-7H2. The predicted molar refractivity (Wildman–Crippen MR) is 63.9 cm³/mol. The van der Waals surface area contributed by atoms with Crippen LogP contribution < -0.4 is 0 Å². The fourth-order valence-corrected chi connectivity index (χ4v) is 2.83. The van der Waals surface area contributed by atoms with Crippen LogP contribution in [0.3, 0.4) is 0 Å². The molecule has 0 radical (unpaired) electrons. The molecule has 4 nitrogen and oxygen atoms in total. The number of aliphatic hydroxyl groups is 4. The number of hydrogen-bond donors (Lipinski definition) is 4. The van der Waals surface area contributed by atoms with Crippen LogP contribution >= 0.6 is 0 Å². The molecule has 2 unspecified atom stereocenters. The van der Waals surface area contributed by atoms with Gasteiger partial charge in [-0.2, -0.15) is 0 Å². The van der Waals surface area contributed by atoms with E-state index in [9.17, 15) is 20.4 Å². The largest absolute Gasteiger partial charge is 0.509 e. The zero-order valence-electron chi connectivity index (χ0n) is 9.89. The van der Waals surface area contributed by atoms with Gasteiger partial charge in [0.25, 0.3) is 0 Å². The average molecular weight is 240 g/mol. The molecule has 0 aromatic rings. The van der Waals surface area contributed by atoms with E-state index in [4.69, 9.17) is 0 Å². The summed E-state index contributed by atoms with van der Waals surface area (Å²) in [6.45, 7) is 0. The van der Waals surface area contributed by atoms with Crippen LogP contribution in [0.25, 0.3) is 0 Å². The van der Waals surface area contributed by atoms with Crippen LogP contribution in [0, 0.1) is 11.8 Å².